The van der Waals surface area contributed by atoms with Crippen molar-refractivity contribution in [3.63, 3.8) is 0 Å². The summed E-state index contributed by atoms with van der Waals surface area (Å²) in [6.45, 7) is 6.55. The standard InChI is InChI=1S/C9H8Br2F3NO.C7H6F3NO.C2H6/c1-2-15-8-6(10)3-5(4-7(8)11)16-9(12,13)14;8-7(9,10)12-6-3-1-5(11)2-4-6;1-2/h3-4,15H,2H2,1H3;1-4H,11H2;1-2H3. The Balaban J connectivity index is 0.000000535. The van der Waals surface area contributed by atoms with Crippen molar-refractivity contribution < 1.29 is 35.8 Å². The first-order valence-corrected chi connectivity index (χ1v) is 9.99. The third-order valence-electron chi connectivity index (χ3n) is 2.72. The average molecular weight is 570 g/mol. The minimum atomic E-state index is -4.68. The lowest BCUT2D eigenvalue weighted by molar-refractivity contribution is -0.275. The van der Waals surface area contributed by atoms with E-state index in [0.717, 1.165) is 12.1 Å². The fourth-order valence-corrected chi connectivity index (χ4v) is 3.18. The predicted molar refractivity (Wildman–Crippen MR) is 112 cm³/mol. The van der Waals surface area contributed by atoms with Gasteiger partial charge in [0, 0.05) is 21.2 Å². The third-order valence-corrected chi connectivity index (χ3v) is 3.97. The zero-order valence-electron chi connectivity index (χ0n) is 16.1. The van der Waals surface area contributed by atoms with Gasteiger partial charge in [0.1, 0.15) is 11.5 Å². The first kappa shape index (κ1) is 28.2. The summed E-state index contributed by atoms with van der Waals surface area (Å²) in [5, 5.41) is 3.00. The van der Waals surface area contributed by atoms with Crippen LogP contribution in [0.25, 0.3) is 0 Å². The van der Waals surface area contributed by atoms with E-state index in [2.05, 4.69) is 46.7 Å². The van der Waals surface area contributed by atoms with Crippen molar-refractivity contribution in [1.29, 1.82) is 0 Å². The molecule has 0 unspecified atom stereocenters. The molecule has 0 aliphatic heterocycles. The predicted octanol–water partition coefficient (Wildman–Crippen LogP) is 7.74. The molecule has 3 N–H and O–H groups in total. The van der Waals surface area contributed by atoms with Crippen molar-refractivity contribution in [2.45, 2.75) is 33.5 Å². The molecule has 2 aromatic rings. The number of benzene rings is 2. The molecule has 0 fully saturated rings. The first-order valence-electron chi connectivity index (χ1n) is 8.40. The topological polar surface area (TPSA) is 56.5 Å². The van der Waals surface area contributed by atoms with E-state index in [0.29, 0.717) is 26.9 Å². The molecule has 170 valence electrons. The summed E-state index contributed by atoms with van der Waals surface area (Å²) in [7, 11) is 0. The number of nitrogens with one attached hydrogen (secondary N) is 1. The van der Waals surface area contributed by atoms with Gasteiger partial charge >= 0.3 is 12.7 Å². The summed E-state index contributed by atoms with van der Waals surface area (Å²) >= 11 is 6.33. The summed E-state index contributed by atoms with van der Waals surface area (Å²) < 4.78 is 79.1. The number of hydrogen-bond acceptors (Lipinski definition) is 4. The van der Waals surface area contributed by atoms with Crippen LogP contribution in [0.15, 0.2) is 45.3 Å². The quantitative estimate of drug-likeness (QED) is 0.292. The van der Waals surface area contributed by atoms with Gasteiger partial charge in [-0.2, -0.15) is 0 Å². The Kier molecular flexibility index (Phi) is 12.0. The second-order valence-electron chi connectivity index (χ2n) is 4.96. The highest BCUT2D eigenvalue weighted by atomic mass is 79.9. The molecule has 0 aliphatic carbocycles. The van der Waals surface area contributed by atoms with Crippen molar-refractivity contribution in [3.8, 4) is 11.5 Å². The molecule has 0 aromatic heterocycles. The second kappa shape index (κ2) is 12.8. The number of alkyl halides is 6. The molecule has 0 bridgehead atoms. The van der Waals surface area contributed by atoms with Crippen LogP contribution >= 0.6 is 31.9 Å². The lowest BCUT2D eigenvalue weighted by Crippen LogP contribution is -2.17. The molecule has 0 spiro atoms. The normalized spacial score (nSPS) is 10.8. The van der Waals surface area contributed by atoms with E-state index >= 15 is 0 Å². The SMILES string of the molecule is CC.CCNc1c(Br)cc(OC(F)(F)F)cc1Br.Nc1ccc(OC(F)(F)F)cc1. The van der Waals surface area contributed by atoms with Gasteiger partial charge in [-0.1, -0.05) is 13.8 Å². The number of nitrogen functional groups attached to an aromatic ring is 1. The van der Waals surface area contributed by atoms with Crippen LogP contribution in [0.1, 0.15) is 20.8 Å². The van der Waals surface area contributed by atoms with Crippen LogP contribution in [0.3, 0.4) is 0 Å². The number of rotatable bonds is 4. The largest absolute Gasteiger partial charge is 0.573 e. The Bertz CT molecular complexity index is 746. The molecule has 0 saturated carbocycles. The summed E-state index contributed by atoms with van der Waals surface area (Å²) in [6, 6.07) is 7.50. The van der Waals surface area contributed by atoms with E-state index < -0.39 is 12.7 Å². The van der Waals surface area contributed by atoms with Gasteiger partial charge in [0.15, 0.2) is 0 Å². The highest BCUT2D eigenvalue weighted by Gasteiger charge is 2.32. The average Bonchev–Trinajstić information content (AvgIpc) is 2.60. The van der Waals surface area contributed by atoms with Crippen molar-refractivity contribution in [1.82, 2.24) is 0 Å². The van der Waals surface area contributed by atoms with Crippen molar-refractivity contribution in [2.24, 2.45) is 0 Å². The Hall–Kier alpha value is -1.82. The Morgan fingerprint density at radius 1 is 0.833 bits per heavy atom. The minimum Gasteiger partial charge on any atom is -0.406 e. The second-order valence-corrected chi connectivity index (χ2v) is 6.67. The van der Waals surface area contributed by atoms with E-state index in [4.69, 9.17) is 5.73 Å². The lowest BCUT2D eigenvalue weighted by atomic mass is 10.3. The highest BCUT2D eigenvalue weighted by molar-refractivity contribution is 9.11. The highest BCUT2D eigenvalue weighted by Crippen LogP contribution is 2.36. The molecule has 0 radical (unpaired) electrons. The molecule has 0 amide bonds. The Morgan fingerprint density at radius 3 is 1.60 bits per heavy atom. The Labute approximate surface area is 187 Å². The third kappa shape index (κ3) is 12.0. The summed E-state index contributed by atoms with van der Waals surface area (Å²) in [5.41, 5.74) is 6.34. The van der Waals surface area contributed by atoms with Gasteiger partial charge in [-0.3, -0.25) is 0 Å². The number of ether oxygens (including phenoxy) is 2. The van der Waals surface area contributed by atoms with Crippen molar-refractivity contribution in [3.05, 3.63) is 45.3 Å². The van der Waals surface area contributed by atoms with E-state index in [1.165, 1.54) is 24.3 Å². The number of hydrogen-bond donors (Lipinski definition) is 2. The van der Waals surface area contributed by atoms with Crippen LogP contribution in [0, 0.1) is 0 Å². The maximum Gasteiger partial charge on any atom is 0.573 e. The van der Waals surface area contributed by atoms with E-state index in [1.807, 2.05) is 20.8 Å². The number of anilines is 2. The molecular formula is C18H20Br2F6N2O2. The Morgan fingerprint density at radius 2 is 1.23 bits per heavy atom. The van der Waals surface area contributed by atoms with Gasteiger partial charge in [0.25, 0.3) is 0 Å². The lowest BCUT2D eigenvalue weighted by Gasteiger charge is -2.13. The summed E-state index contributed by atoms with van der Waals surface area (Å²) in [4.78, 5) is 0. The molecule has 0 atom stereocenters. The van der Waals surface area contributed by atoms with Crippen molar-refractivity contribution in [2.75, 3.05) is 17.6 Å². The maximum absolute atomic E-state index is 12.0. The molecule has 2 aromatic carbocycles. The van der Waals surface area contributed by atoms with E-state index in [1.54, 1.807) is 0 Å². The summed E-state index contributed by atoms with van der Waals surface area (Å²) in [5.74, 6) is -0.537. The van der Waals surface area contributed by atoms with Gasteiger partial charge in [-0.05, 0) is 75.2 Å². The molecule has 0 aliphatic rings. The summed E-state index contributed by atoms with van der Waals surface area (Å²) in [6.07, 6.45) is -9.32. The molecule has 0 saturated heterocycles. The maximum atomic E-state index is 12.0. The van der Waals surface area contributed by atoms with Crippen LogP contribution < -0.4 is 20.5 Å². The van der Waals surface area contributed by atoms with Crippen LogP contribution in [0.4, 0.5) is 37.7 Å². The van der Waals surface area contributed by atoms with Gasteiger partial charge in [0.05, 0.1) is 5.69 Å². The minimum absolute atomic E-state index is 0.267. The van der Waals surface area contributed by atoms with Gasteiger partial charge in [-0.25, -0.2) is 0 Å². The van der Waals surface area contributed by atoms with Crippen molar-refractivity contribution >= 4 is 43.2 Å². The molecule has 0 heterocycles. The van der Waals surface area contributed by atoms with Crippen LogP contribution in [0.2, 0.25) is 0 Å². The van der Waals surface area contributed by atoms with E-state index in [9.17, 15) is 26.3 Å². The first-order chi connectivity index (χ1) is 13.8. The fourth-order valence-electron chi connectivity index (χ4n) is 1.76. The fraction of sp³-hybridized carbons (Fsp3) is 0.333. The number of halogens is 8. The molecule has 2 rings (SSSR count). The zero-order valence-corrected chi connectivity index (χ0v) is 19.3. The number of nitrogens with two attached hydrogens (primary N) is 1. The van der Waals surface area contributed by atoms with Crippen LogP contribution in [-0.4, -0.2) is 19.3 Å². The van der Waals surface area contributed by atoms with Gasteiger partial charge < -0.3 is 20.5 Å². The molecular weight excluding hydrogens is 550 g/mol. The van der Waals surface area contributed by atoms with Crippen LogP contribution in [-0.2, 0) is 0 Å². The molecule has 12 heteroatoms. The van der Waals surface area contributed by atoms with Gasteiger partial charge in [0.2, 0.25) is 0 Å². The molecule has 30 heavy (non-hydrogen) atoms. The van der Waals surface area contributed by atoms with Gasteiger partial charge in [-0.15, -0.1) is 26.3 Å². The zero-order chi connectivity index (χ0) is 23.5. The molecule has 4 nitrogen and oxygen atoms in total. The van der Waals surface area contributed by atoms with Crippen LogP contribution in [0.5, 0.6) is 11.5 Å². The monoisotopic (exact) mass is 568 g/mol. The van der Waals surface area contributed by atoms with E-state index in [-0.39, 0.29) is 11.5 Å². The smallest absolute Gasteiger partial charge is 0.406 e.